The zero-order valence-corrected chi connectivity index (χ0v) is 14.3. The molecular formula is C18H25NO5. The predicted molar refractivity (Wildman–Crippen MR) is 89.5 cm³/mol. The third-order valence-electron chi connectivity index (χ3n) is 4.00. The molecular weight excluding hydrogens is 310 g/mol. The van der Waals surface area contributed by atoms with Crippen molar-refractivity contribution in [3.63, 3.8) is 0 Å². The average molecular weight is 335 g/mol. The van der Waals surface area contributed by atoms with Crippen molar-refractivity contribution >= 4 is 11.9 Å². The fourth-order valence-corrected chi connectivity index (χ4v) is 2.80. The quantitative estimate of drug-likeness (QED) is 0.776. The largest absolute Gasteiger partial charge is 0.493 e. The van der Waals surface area contributed by atoms with Gasteiger partial charge in [0, 0.05) is 6.04 Å². The van der Waals surface area contributed by atoms with Crippen molar-refractivity contribution in [2.24, 2.45) is 0 Å². The Kier molecular flexibility index (Phi) is 6.90. The highest BCUT2D eigenvalue weighted by Crippen LogP contribution is 2.28. The van der Waals surface area contributed by atoms with E-state index in [0.717, 1.165) is 25.7 Å². The molecule has 6 heteroatoms. The Morgan fingerprint density at radius 2 is 1.92 bits per heavy atom. The van der Waals surface area contributed by atoms with Crippen LogP contribution in [0.4, 0.5) is 0 Å². The van der Waals surface area contributed by atoms with Crippen LogP contribution in [-0.4, -0.2) is 38.2 Å². The van der Waals surface area contributed by atoms with Gasteiger partial charge >= 0.3 is 5.97 Å². The molecule has 0 saturated heterocycles. The number of methoxy groups -OCH3 is 1. The van der Waals surface area contributed by atoms with Gasteiger partial charge < -0.3 is 19.5 Å². The second-order valence-corrected chi connectivity index (χ2v) is 5.78. The highest BCUT2D eigenvalue weighted by molar-refractivity contribution is 5.92. The molecule has 6 nitrogen and oxygen atoms in total. The van der Waals surface area contributed by atoms with Gasteiger partial charge in [0.15, 0.2) is 18.1 Å². The minimum atomic E-state index is -0.558. The van der Waals surface area contributed by atoms with Crippen molar-refractivity contribution in [3.05, 3.63) is 23.8 Å². The first-order chi connectivity index (χ1) is 11.6. The molecule has 0 unspecified atom stereocenters. The molecule has 0 spiro atoms. The first-order valence-corrected chi connectivity index (χ1v) is 8.41. The number of nitrogens with one attached hydrogen (secondary N) is 1. The number of carbonyl (C=O) groups excluding carboxylic acids is 2. The maximum Gasteiger partial charge on any atom is 0.338 e. The van der Waals surface area contributed by atoms with E-state index in [4.69, 9.17) is 14.2 Å². The first-order valence-electron chi connectivity index (χ1n) is 8.41. The molecule has 132 valence electrons. The summed E-state index contributed by atoms with van der Waals surface area (Å²) in [5.41, 5.74) is 0.324. The van der Waals surface area contributed by atoms with Crippen molar-refractivity contribution in [3.8, 4) is 11.5 Å². The van der Waals surface area contributed by atoms with Crippen molar-refractivity contribution < 1.29 is 23.8 Å². The van der Waals surface area contributed by atoms with E-state index in [1.165, 1.54) is 13.5 Å². The van der Waals surface area contributed by atoms with Gasteiger partial charge in [-0.3, -0.25) is 4.79 Å². The van der Waals surface area contributed by atoms with Crippen LogP contribution in [0.15, 0.2) is 18.2 Å². The van der Waals surface area contributed by atoms with E-state index in [1.54, 1.807) is 18.2 Å². The van der Waals surface area contributed by atoms with Crippen LogP contribution in [0.5, 0.6) is 11.5 Å². The molecule has 0 bridgehead atoms. The Morgan fingerprint density at radius 3 is 2.58 bits per heavy atom. The first kappa shape index (κ1) is 18.1. The molecule has 0 atom stereocenters. The lowest BCUT2D eigenvalue weighted by atomic mass is 9.95. The number of rotatable bonds is 7. The standard InChI is InChI=1S/C18H25NO5/c1-3-23-16-11-13(9-10-15(16)22-2)18(21)24-12-17(20)19-14-7-5-4-6-8-14/h9-11,14H,3-8,12H2,1-2H3,(H,19,20). The van der Waals surface area contributed by atoms with E-state index in [2.05, 4.69) is 5.32 Å². The van der Waals surface area contributed by atoms with Gasteiger partial charge in [-0.1, -0.05) is 19.3 Å². The molecule has 1 aromatic carbocycles. The minimum absolute atomic E-state index is 0.204. The average Bonchev–Trinajstić information content (AvgIpc) is 2.61. The zero-order valence-electron chi connectivity index (χ0n) is 14.3. The number of ether oxygens (including phenoxy) is 3. The summed E-state index contributed by atoms with van der Waals surface area (Å²) in [6.07, 6.45) is 5.49. The van der Waals surface area contributed by atoms with Crippen LogP contribution in [0.1, 0.15) is 49.4 Å². The molecule has 1 aliphatic rings. The van der Waals surface area contributed by atoms with Gasteiger partial charge in [-0.2, -0.15) is 0 Å². The van der Waals surface area contributed by atoms with Gasteiger partial charge in [-0.05, 0) is 38.0 Å². The van der Waals surface area contributed by atoms with Crippen molar-refractivity contribution in [1.29, 1.82) is 0 Å². The lowest BCUT2D eigenvalue weighted by molar-refractivity contribution is -0.125. The van der Waals surface area contributed by atoms with E-state index in [1.807, 2.05) is 6.92 Å². The minimum Gasteiger partial charge on any atom is -0.493 e. The van der Waals surface area contributed by atoms with Crippen LogP contribution >= 0.6 is 0 Å². The smallest absolute Gasteiger partial charge is 0.338 e. The molecule has 1 saturated carbocycles. The Labute approximate surface area is 142 Å². The number of esters is 1. The van der Waals surface area contributed by atoms with E-state index in [0.29, 0.717) is 23.7 Å². The maximum atomic E-state index is 12.1. The summed E-state index contributed by atoms with van der Waals surface area (Å²) >= 11 is 0. The molecule has 1 aromatic rings. The number of hydrogen-bond acceptors (Lipinski definition) is 5. The van der Waals surface area contributed by atoms with Crippen molar-refractivity contribution in [2.75, 3.05) is 20.3 Å². The zero-order chi connectivity index (χ0) is 17.4. The van der Waals surface area contributed by atoms with E-state index >= 15 is 0 Å². The lowest BCUT2D eigenvalue weighted by Gasteiger charge is -2.22. The molecule has 1 aliphatic carbocycles. The van der Waals surface area contributed by atoms with Crippen LogP contribution in [0.25, 0.3) is 0 Å². The third kappa shape index (κ3) is 5.15. The van der Waals surface area contributed by atoms with Crippen LogP contribution in [0.2, 0.25) is 0 Å². The van der Waals surface area contributed by atoms with E-state index in [-0.39, 0.29) is 18.6 Å². The Morgan fingerprint density at radius 1 is 1.17 bits per heavy atom. The molecule has 1 fully saturated rings. The van der Waals surface area contributed by atoms with Crippen LogP contribution < -0.4 is 14.8 Å². The number of hydrogen-bond donors (Lipinski definition) is 1. The van der Waals surface area contributed by atoms with Crippen molar-refractivity contribution in [2.45, 2.75) is 45.1 Å². The maximum absolute atomic E-state index is 12.1. The Bertz CT molecular complexity index is 567. The highest BCUT2D eigenvalue weighted by atomic mass is 16.5. The number of amides is 1. The van der Waals surface area contributed by atoms with E-state index < -0.39 is 5.97 Å². The molecule has 24 heavy (non-hydrogen) atoms. The van der Waals surface area contributed by atoms with Crippen molar-refractivity contribution in [1.82, 2.24) is 5.32 Å². The molecule has 1 amide bonds. The normalized spacial score (nSPS) is 14.8. The summed E-state index contributed by atoms with van der Waals surface area (Å²) in [6, 6.07) is 4.99. The molecule has 0 aliphatic heterocycles. The molecule has 0 heterocycles. The fourth-order valence-electron chi connectivity index (χ4n) is 2.80. The predicted octanol–water partition coefficient (Wildman–Crippen LogP) is 2.70. The van der Waals surface area contributed by atoms with Crippen LogP contribution in [0.3, 0.4) is 0 Å². The van der Waals surface area contributed by atoms with Gasteiger partial charge in [-0.25, -0.2) is 4.79 Å². The summed E-state index contributed by atoms with van der Waals surface area (Å²) in [7, 11) is 1.53. The third-order valence-corrected chi connectivity index (χ3v) is 4.00. The number of carbonyl (C=O) groups is 2. The summed E-state index contributed by atoms with van der Waals surface area (Å²) in [5, 5.41) is 2.91. The van der Waals surface area contributed by atoms with Gasteiger partial charge in [0.1, 0.15) is 0 Å². The fraction of sp³-hybridized carbons (Fsp3) is 0.556. The van der Waals surface area contributed by atoms with Crippen LogP contribution in [-0.2, 0) is 9.53 Å². The molecule has 1 N–H and O–H groups in total. The highest BCUT2D eigenvalue weighted by Gasteiger charge is 2.18. The summed E-state index contributed by atoms with van der Waals surface area (Å²) in [5.74, 6) is 0.204. The summed E-state index contributed by atoms with van der Waals surface area (Å²) in [6.45, 7) is 2.03. The summed E-state index contributed by atoms with van der Waals surface area (Å²) in [4.78, 5) is 24.0. The van der Waals surface area contributed by atoms with E-state index in [9.17, 15) is 9.59 Å². The molecule has 0 aromatic heterocycles. The van der Waals surface area contributed by atoms with Gasteiger partial charge in [0.25, 0.3) is 5.91 Å². The summed E-state index contributed by atoms with van der Waals surface area (Å²) < 4.78 is 15.7. The SMILES string of the molecule is CCOc1cc(C(=O)OCC(=O)NC2CCCCC2)ccc1OC. The van der Waals surface area contributed by atoms with Gasteiger partial charge in [-0.15, -0.1) is 0 Å². The Balaban J connectivity index is 1.87. The van der Waals surface area contributed by atoms with Gasteiger partial charge in [0.2, 0.25) is 0 Å². The lowest BCUT2D eigenvalue weighted by Crippen LogP contribution is -2.38. The number of benzene rings is 1. The Hall–Kier alpha value is -2.24. The second-order valence-electron chi connectivity index (χ2n) is 5.78. The van der Waals surface area contributed by atoms with Gasteiger partial charge in [0.05, 0.1) is 19.3 Å². The molecule has 2 rings (SSSR count). The molecule has 0 radical (unpaired) electrons. The second kappa shape index (κ2) is 9.15. The monoisotopic (exact) mass is 335 g/mol. The van der Waals surface area contributed by atoms with Crippen LogP contribution in [0, 0.1) is 0 Å². The topological polar surface area (TPSA) is 73.9 Å².